The van der Waals surface area contributed by atoms with E-state index in [1.807, 2.05) is 6.92 Å². The van der Waals surface area contributed by atoms with Crippen LogP contribution in [0.2, 0.25) is 0 Å². The molecule has 64 valence electrons. The van der Waals surface area contributed by atoms with Crippen LogP contribution in [0, 0.1) is 6.92 Å². The molecule has 1 heterocycles. The fourth-order valence-corrected chi connectivity index (χ4v) is 1.29. The van der Waals surface area contributed by atoms with Crippen molar-refractivity contribution in [1.29, 1.82) is 0 Å². The topological polar surface area (TPSA) is 45.8 Å². The second kappa shape index (κ2) is 2.19. The quantitative estimate of drug-likeness (QED) is 0.676. The number of aryl methyl sites for hydroxylation is 1. The molecule has 0 unspecified atom stereocenters. The number of aromatic nitrogens is 2. The van der Waals surface area contributed by atoms with E-state index in [-0.39, 0.29) is 11.0 Å². The van der Waals surface area contributed by atoms with Gasteiger partial charge in [0, 0.05) is 17.2 Å². The minimum atomic E-state index is -0.0365. The standard InChI is InChI=1S/C9H12N2O/c1-6-5-7(12)11-8(10-6)9(2)3-4-9/h5H,3-4H2,1-2H3,(H,10,11,12). The number of H-pyrrole nitrogens is 1. The smallest absolute Gasteiger partial charge is 0.251 e. The molecule has 12 heavy (non-hydrogen) atoms. The molecule has 0 bridgehead atoms. The summed E-state index contributed by atoms with van der Waals surface area (Å²) in [6.45, 7) is 3.98. The number of nitrogens with zero attached hydrogens (tertiary/aromatic N) is 1. The number of hydrogen-bond acceptors (Lipinski definition) is 2. The van der Waals surface area contributed by atoms with Crippen molar-refractivity contribution in [2.45, 2.75) is 32.1 Å². The lowest BCUT2D eigenvalue weighted by Gasteiger charge is -2.06. The van der Waals surface area contributed by atoms with E-state index in [1.54, 1.807) is 0 Å². The van der Waals surface area contributed by atoms with Gasteiger partial charge in [-0.1, -0.05) is 6.92 Å². The van der Waals surface area contributed by atoms with E-state index in [9.17, 15) is 4.79 Å². The van der Waals surface area contributed by atoms with Crippen molar-refractivity contribution in [2.75, 3.05) is 0 Å². The van der Waals surface area contributed by atoms with E-state index in [0.29, 0.717) is 0 Å². The summed E-state index contributed by atoms with van der Waals surface area (Å²) in [5.74, 6) is 0.854. The molecular formula is C9H12N2O. The first kappa shape index (κ1) is 7.53. The van der Waals surface area contributed by atoms with Gasteiger partial charge in [-0.15, -0.1) is 0 Å². The summed E-state index contributed by atoms with van der Waals surface area (Å²) in [5.41, 5.74) is 0.929. The van der Waals surface area contributed by atoms with Crippen LogP contribution in [-0.2, 0) is 5.41 Å². The third kappa shape index (κ3) is 1.15. The second-order valence-corrected chi connectivity index (χ2v) is 3.80. The van der Waals surface area contributed by atoms with E-state index in [0.717, 1.165) is 24.4 Å². The van der Waals surface area contributed by atoms with Crippen molar-refractivity contribution < 1.29 is 0 Å². The summed E-state index contributed by atoms with van der Waals surface area (Å²) in [6.07, 6.45) is 2.28. The number of aromatic amines is 1. The van der Waals surface area contributed by atoms with Crippen LogP contribution in [0.4, 0.5) is 0 Å². The lowest BCUT2D eigenvalue weighted by Crippen LogP contribution is -2.16. The van der Waals surface area contributed by atoms with Crippen molar-refractivity contribution in [3.05, 3.63) is 27.9 Å². The molecule has 1 N–H and O–H groups in total. The average Bonchev–Trinajstić information content (AvgIpc) is 2.67. The van der Waals surface area contributed by atoms with Crippen LogP contribution in [0.15, 0.2) is 10.9 Å². The molecule has 1 aliphatic rings. The van der Waals surface area contributed by atoms with Crippen molar-refractivity contribution in [2.24, 2.45) is 0 Å². The van der Waals surface area contributed by atoms with Gasteiger partial charge in [0.2, 0.25) is 0 Å². The van der Waals surface area contributed by atoms with Gasteiger partial charge in [-0.25, -0.2) is 4.98 Å². The van der Waals surface area contributed by atoms with Gasteiger partial charge in [0.15, 0.2) is 0 Å². The van der Waals surface area contributed by atoms with Crippen molar-refractivity contribution >= 4 is 0 Å². The molecule has 2 rings (SSSR count). The molecular weight excluding hydrogens is 152 g/mol. The molecule has 3 heteroatoms. The molecule has 0 aromatic carbocycles. The normalized spacial score (nSPS) is 19.2. The Bertz CT molecular complexity index is 363. The van der Waals surface area contributed by atoms with Gasteiger partial charge in [0.05, 0.1) is 0 Å². The summed E-state index contributed by atoms with van der Waals surface area (Å²) in [6, 6.07) is 1.52. The summed E-state index contributed by atoms with van der Waals surface area (Å²) < 4.78 is 0. The van der Waals surface area contributed by atoms with E-state index in [1.165, 1.54) is 6.07 Å². The van der Waals surface area contributed by atoms with Gasteiger partial charge in [0.1, 0.15) is 5.82 Å². The highest BCUT2D eigenvalue weighted by molar-refractivity contribution is 5.16. The summed E-state index contributed by atoms with van der Waals surface area (Å²) >= 11 is 0. The van der Waals surface area contributed by atoms with E-state index in [2.05, 4.69) is 16.9 Å². The van der Waals surface area contributed by atoms with Crippen molar-refractivity contribution in [1.82, 2.24) is 9.97 Å². The Morgan fingerprint density at radius 2 is 2.25 bits per heavy atom. The van der Waals surface area contributed by atoms with E-state index in [4.69, 9.17) is 0 Å². The lowest BCUT2D eigenvalue weighted by atomic mass is 10.1. The molecule has 1 aliphatic carbocycles. The zero-order valence-electron chi connectivity index (χ0n) is 7.35. The van der Waals surface area contributed by atoms with E-state index >= 15 is 0 Å². The Morgan fingerprint density at radius 3 is 2.75 bits per heavy atom. The molecule has 0 saturated heterocycles. The predicted molar refractivity (Wildman–Crippen MR) is 46.2 cm³/mol. The molecule has 3 nitrogen and oxygen atoms in total. The Hall–Kier alpha value is -1.12. The van der Waals surface area contributed by atoms with Crippen molar-refractivity contribution in [3.63, 3.8) is 0 Å². The van der Waals surface area contributed by atoms with Gasteiger partial charge in [0.25, 0.3) is 5.56 Å². The lowest BCUT2D eigenvalue weighted by molar-refractivity contribution is 0.697. The van der Waals surface area contributed by atoms with Gasteiger partial charge in [-0.05, 0) is 19.8 Å². The van der Waals surface area contributed by atoms with E-state index < -0.39 is 0 Å². The summed E-state index contributed by atoms with van der Waals surface area (Å²) in [4.78, 5) is 18.2. The van der Waals surface area contributed by atoms with Crippen LogP contribution in [0.5, 0.6) is 0 Å². The molecule has 0 aliphatic heterocycles. The minimum absolute atomic E-state index is 0.0365. The fourth-order valence-electron chi connectivity index (χ4n) is 1.29. The van der Waals surface area contributed by atoms with Gasteiger partial charge >= 0.3 is 0 Å². The molecule has 0 radical (unpaired) electrons. The summed E-state index contributed by atoms with van der Waals surface area (Å²) in [5, 5.41) is 0. The third-order valence-electron chi connectivity index (χ3n) is 2.44. The minimum Gasteiger partial charge on any atom is -0.310 e. The number of hydrogen-bond donors (Lipinski definition) is 1. The van der Waals surface area contributed by atoms with Crippen LogP contribution in [0.3, 0.4) is 0 Å². The Labute approximate surface area is 70.9 Å². The molecule has 0 amide bonds. The second-order valence-electron chi connectivity index (χ2n) is 3.80. The number of nitrogens with one attached hydrogen (secondary N) is 1. The highest BCUT2D eigenvalue weighted by Crippen LogP contribution is 2.45. The first-order valence-corrected chi connectivity index (χ1v) is 4.19. The average molecular weight is 164 g/mol. The van der Waals surface area contributed by atoms with Gasteiger partial charge in [-0.3, -0.25) is 4.79 Å². The molecule has 1 aromatic heterocycles. The van der Waals surface area contributed by atoms with Crippen LogP contribution >= 0.6 is 0 Å². The largest absolute Gasteiger partial charge is 0.310 e. The number of rotatable bonds is 1. The maximum atomic E-state index is 11.1. The fraction of sp³-hybridized carbons (Fsp3) is 0.556. The van der Waals surface area contributed by atoms with Crippen LogP contribution in [0.1, 0.15) is 31.3 Å². The van der Waals surface area contributed by atoms with Gasteiger partial charge in [-0.2, -0.15) is 0 Å². The van der Waals surface area contributed by atoms with Crippen LogP contribution in [0.25, 0.3) is 0 Å². The molecule has 0 spiro atoms. The summed E-state index contributed by atoms with van der Waals surface area (Å²) in [7, 11) is 0. The first-order valence-electron chi connectivity index (χ1n) is 4.19. The van der Waals surface area contributed by atoms with Crippen molar-refractivity contribution in [3.8, 4) is 0 Å². The monoisotopic (exact) mass is 164 g/mol. The zero-order valence-corrected chi connectivity index (χ0v) is 7.35. The Morgan fingerprint density at radius 1 is 1.58 bits per heavy atom. The van der Waals surface area contributed by atoms with Crippen LogP contribution < -0.4 is 5.56 Å². The van der Waals surface area contributed by atoms with Crippen LogP contribution in [-0.4, -0.2) is 9.97 Å². The maximum absolute atomic E-state index is 11.1. The predicted octanol–water partition coefficient (Wildman–Crippen LogP) is 1.13. The first-order chi connectivity index (χ1) is 5.60. The Kier molecular flexibility index (Phi) is 1.37. The SMILES string of the molecule is Cc1cc(=O)[nH]c(C2(C)CC2)n1. The molecule has 1 aromatic rings. The molecule has 0 atom stereocenters. The third-order valence-corrected chi connectivity index (χ3v) is 2.44. The molecule has 1 saturated carbocycles. The molecule has 1 fully saturated rings. The highest BCUT2D eigenvalue weighted by atomic mass is 16.1. The Balaban J connectivity index is 2.51. The van der Waals surface area contributed by atoms with Gasteiger partial charge < -0.3 is 4.98 Å². The highest BCUT2D eigenvalue weighted by Gasteiger charge is 2.41. The zero-order chi connectivity index (χ0) is 8.77. The maximum Gasteiger partial charge on any atom is 0.251 e.